The molecule has 0 saturated carbocycles. The van der Waals surface area contributed by atoms with Gasteiger partial charge in [0, 0.05) is 18.8 Å². The highest BCUT2D eigenvalue weighted by molar-refractivity contribution is 5.93. The van der Waals surface area contributed by atoms with E-state index < -0.39 is 0 Å². The van der Waals surface area contributed by atoms with Gasteiger partial charge in [-0.05, 0) is 30.5 Å². The van der Waals surface area contributed by atoms with Gasteiger partial charge in [-0.2, -0.15) is 0 Å². The third kappa shape index (κ3) is 4.66. The Balaban J connectivity index is 1.69. The van der Waals surface area contributed by atoms with Gasteiger partial charge in [0.25, 0.3) is 0 Å². The number of nitrogens with one attached hydrogen (secondary N) is 1. The fraction of sp³-hybridized carbons (Fsp3) is 0.350. The lowest BCUT2D eigenvalue weighted by Gasteiger charge is -2.26. The van der Waals surface area contributed by atoms with Gasteiger partial charge in [0.15, 0.2) is 0 Å². The van der Waals surface area contributed by atoms with Crippen molar-refractivity contribution in [2.45, 2.75) is 13.3 Å². The number of carbonyl (C=O) groups is 1. The lowest BCUT2D eigenvalue weighted by atomic mass is 10.0. The predicted octanol–water partition coefficient (Wildman–Crippen LogP) is 2.86. The largest absolute Gasteiger partial charge is 0.379 e. The summed E-state index contributed by atoms with van der Waals surface area (Å²) in [6.45, 7) is 5.54. The Labute approximate surface area is 143 Å². The molecule has 1 aliphatic rings. The minimum absolute atomic E-state index is 0.0371. The molecule has 3 rings (SSSR count). The number of carbonyl (C=O) groups excluding carboxylic acids is 1. The lowest BCUT2D eigenvalue weighted by molar-refractivity contribution is -0.118. The number of anilines is 1. The van der Waals surface area contributed by atoms with Crippen LogP contribution < -0.4 is 5.32 Å². The monoisotopic (exact) mass is 324 g/mol. The van der Waals surface area contributed by atoms with Crippen molar-refractivity contribution < 1.29 is 9.53 Å². The van der Waals surface area contributed by atoms with E-state index in [4.69, 9.17) is 4.74 Å². The maximum atomic E-state index is 12.4. The lowest BCUT2D eigenvalue weighted by Crippen LogP contribution is -2.41. The minimum atomic E-state index is 0.0371. The van der Waals surface area contributed by atoms with E-state index in [1.165, 1.54) is 11.1 Å². The molecule has 0 atom stereocenters. The Morgan fingerprint density at radius 3 is 2.62 bits per heavy atom. The normalized spacial score (nSPS) is 15.2. The third-order valence-corrected chi connectivity index (χ3v) is 4.24. The van der Waals surface area contributed by atoms with Crippen molar-refractivity contribution in [1.29, 1.82) is 0 Å². The molecule has 24 heavy (non-hydrogen) atoms. The van der Waals surface area contributed by atoms with E-state index in [-0.39, 0.29) is 5.91 Å². The van der Waals surface area contributed by atoms with Crippen LogP contribution in [0.1, 0.15) is 16.7 Å². The van der Waals surface area contributed by atoms with Crippen molar-refractivity contribution in [1.82, 2.24) is 4.90 Å². The molecule has 0 aromatic heterocycles. The molecule has 0 aliphatic carbocycles. The van der Waals surface area contributed by atoms with Gasteiger partial charge in [-0.25, -0.2) is 0 Å². The molecular weight excluding hydrogens is 300 g/mol. The van der Waals surface area contributed by atoms with Gasteiger partial charge < -0.3 is 10.1 Å². The number of morpholine rings is 1. The fourth-order valence-electron chi connectivity index (χ4n) is 2.96. The number of aryl methyl sites for hydroxylation is 1. The van der Waals surface area contributed by atoms with E-state index in [1.54, 1.807) is 0 Å². The molecule has 126 valence electrons. The molecule has 1 N–H and O–H groups in total. The van der Waals surface area contributed by atoms with Gasteiger partial charge in [-0.1, -0.05) is 48.0 Å². The summed E-state index contributed by atoms with van der Waals surface area (Å²) in [5.41, 5.74) is 4.50. The average Bonchev–Trinajstić information content (AvgIpc) is 2.59. The second-order valence-electron chi connectivity index (χ2n) is 6.26. The van der Waals surface area contributed by atoms with Crippen LogP contribution in [0.4, 0.5) is 5.69 Å². The zero-order chi connectivity index (χ0) is 16.8. The summed E-state index contributed by atoms with van der Waals surface area (Å²) in [5, 5.41) is 3.08. The van der Waals surface area contributed by atoms with Crippen LogP contribution in [0.5, 0.6) is 0 Å². The number of hydrogen-bond donors (Lipinski definition) is 1. The van der Waals surface area contributed by atoms with Gasteiger partial charge in [-0.3, -0.25) is 9.69 Å². The molecule has 0 bridgehead atoms. The van der Waals surface area contributed by atoms with Crippen molar-refractivity contribution in [3.05, 3.63) is 65.2 Å². The van der Waals surface area contributed by atoms with Gasteiger partial charge >= 0.3 is 0 Å². The standard InChI is InChI=1S/C20H24N2O2/c1-16-7-8-19(18(13-16)14-17-5-3-2-4-6-17)21-20(23)15-22-9-11-24-12-10-22/h2-8,13H,9-12,14-15H2,1H3,(H,21,23). The summed E-state index contributed by atoms with van der Waals surface area (Å²) in [5.74, 6) is 0.0371. The van der Waals surface area contributed by atoms with Crippen LogP contribution in [0.25, 0.3) is 0 Å². The van der Waals surface area contributed by atoms with Crippen LogP contribution in [0, 0.1) is 6.92 Å². The Morgan fingerprint density at radius 2 is 1.88 bits per heavy atom. The topological polar surface area (TPSA) is 41.6 Å². The molecule has 1 heterocycles. The second kappa shape index (κ2) is 8.08. The quantitative estimate of drug-likeness (QED) is 0.919. The molecule has 4 heteroatoms. The zero-order valence-corrected chi connectivity index (χ0v) is 14.1. The minimum Gasteiger partial charge on any atom is -0.379 e. The fourth-order valence-corrected chi connectivity index (χ4v) is 2.96. The number of ether oxygens (including phenoxy) is 1. The number of hydrogen-bond acceptors (Lipinski definition) is 3. The highest BCUT2D eigenvalue weighted by Crippen LogP contribution is 2.21. The molecule has 2 aromatic rings. The third-order valence-electron chi connectivity index (χ3n) is 4.24. The van der Waals surface area contributed by atoms with E-state index in [1.807, 2.05) is 30.3 Å². The molecule has 0 spiro atoms. The highest BCUT2D eigenvalue weighted by Gasteiger charge is 2.15. The molecule has 1 saturated heterocycles. The molecule has 1 fully saturated rings. The number of nitrogens with zero attached hydrogens (tertiary/aromatic N) is 1. The Hall–Kier alpha value is -2.17. The SMILES string of the molecule is Cc1ccc(NC(=O)CN2CCOCC2)c(Cc2ccccc2)c1. The van der Waals surface area contributed by atoms with Crippen LogP contribution in [0.2, 0.25) is 0 Å². The second-order valence-corrected chi connectivity index (χ2v) is 6.26. The smallest absolute Gasteiger partial charge is 0.238 e. The summed E-state index contributed by atoms with van der Waals surface area (Å²) in [6, 6.07) is 16.5. The first-order chi connectivity index (χ1) is 11.7. The van der Waals surface area contributed by atoms with E-state index in [0.717, 1.165) is 30.8 Å². The summed E-state index contributed by atoms with van der Waals surface area (Å²) in [4.78, 5) is 14.5. The van der Waals surface area contributed by atoms with Crippen LogP contribution in [-0.4, -0.2) is 43.7 Å². The van der Waals surface area contributed by atoms with Crippen LogP contribution in [0.15, 0.2) is 48.5 Å². The van der Waals surface area contributed by atoms with Crippen molar-refractivity contribution >= 4 is 11.6 Å². The molecule has 1 amide bonds. The summed E-state index contributed by atoms with van der Waals surface area (Å²) >= 11 is 0. The van der Waals surface area contributed by atoms with Gasteiger partial charge in [0.05, 0.1) is 19.8 Å². The van der Waals surface area contributed by atoms with Gasteiger partial charge in [-0.15, -0.1) is 0 Å². The summed E-state index contributed by atoms with van der Waals surface area (Å²) in [6.07, 6.45) is 0.815. The molecule has 2 aromatic carbocycles. The summed E-state index contributed by atoms with van der Waals surface area (Å²) < 4.78 is 5.32. The molecule has 1 aliphatic heterocycles. The number of benzene rings is 2. The Kier molecular flexibility index (Phi) is 5.62. The highest BCUT2D eigenvalue weighted by atomic mass is 16.5. The maximum absolute atomic E-state index is 12.4. The average molecular weight is 324 g/mol. The van der Waals surface area contributed by atoms with Crippen molar-refractivity contribution in [2.24, 2.45) is 0 Å². The van der Waals surface area contributed by atoms with E-state index >= 15 is 0 Å². The molecule has 0 unspecified atom stereocenters. The first-order valence-corrected chi connectivity index (χ1v) is 8.44. The van der Waals surface area contributed by atoms with Crippen molar-refractivity contribution in [2.75, 3.05) is 38.2 Å². The van der Waals surface area contributed by atoms with E-state index in [9.17, 15) is 4.79 Å². The molecule has 0 radical (unpaired) electrons. The number of amides is 1. The molecule has 4 nitrogen and oxygen atoms in total. The Bertz CT molecular complexity index is 679. The van der Waals surface area contributed by atoms with Crippen LogP contribution in [0.3, 0.4) is 0 Å². The maximum Gasteiger partial charge on any atom is 0.238 e. The van der Waals surface area contributed by atoms with Crippen molar-refractivity contribution in [3.63, 3.8) is 0 Å². The van der Waals surface area contributed by atoms with Crippen molar-refractivity contribution in [3.8, 4) is 0 Å². The summed E-state index contributed by atoms with van der Waals surface area (Å²) in [7, 11) is 0. The van der Waals surface area contributed by atoms with Crippen LogP contribution in [-0.2, 0) is 16.0 Å². The zero-order valence-electron chi connectivity index (χ0n) is 14.1. The van der Waals surface area contributed by atoms with Gasteiger partial charge in [0.1, 0.15) is 0 Å². The van der Waals surface area contributed by atoms with Gasteiger partial charge in [0.2, 0.25) is 5.91 Å². The number of rotatable bonds is 5. The van der Waals surface area contributed by atoms with E-state index in [0.29, 0.717) is 19.8 Å². The predicted molar refractivity (Wildman–Crippen MR) is 96.3 cm³/mol. The van der Waals surface area contributed by atoms with E-state index in [2.05, 4.69) is 35.3 Å². The first-order valence-electron chi connectivity index (χ1n) is 8.44. The first kappa shape index (κ1) is 16.7. The Morgan fingerprint density at radius 1 is 1.12 bits per heavy atom. The van der Waals surface area contributed by atoms with Crippen LogP contribution >= 0.6 is 0 Å². The molecular formula is C20H24N2O2.